The molecule has 1 unspecified atom stereocenters. The van der Waals surface area contributed by atoms with E-state index >= 15 is 0 Å². The first-order valence-electron chi connectivity index (χ1n) is 11.8. The van der Waals surface area contributed by atoms with Gasteiger partial charge in [0.05, 0.1) is 11.4 Å². The molecule has 0 spiro atoms. The van der Waals surface area contributed by atoms with Crippen LogP contribution in [0.2, 0.25) is 0 Å². The Kier molecular flexibility index (Phi) is 7.83. The fourth-order valence-electron chi connectivity index (χ4n) is 4.26. The van der Waals surface area contributed by atoms with E-state index in [0.717, 1.165) is 21.9 Å². The fraction of sp³-hybridized carbons (Fsp3) is 0.462. The summed E-state index contributed by atoms with van der Waals surface area (Å²) in [6.07, 6.45) is 1.46. The van der Waals surface area contributed by atoms with Gasteiger partial charge in [0.1, 0.15) is 5.54 Å². The van der Waals surface area contributed by atoms with Crippen LogP contribution < -0.4 is 10.2 Å². The Balaban J connectivity index is 2.04. The van der Waals surface area contributed by atoms with E-state index in [9.17, 15) is 18.0 Å². The summed E-state index contributed by atoms with van der Waals surface area (Å²) in [4.78, 5) is 28.7. The van der Waals surface area contributed by atoms with E-state index in [2.05, 4.69) is 19.2 Å². The van der Waals surface area contributed by atoms with E-state index in [1.54, 1.807) is 19.1 Å². The molecule has 2 aromatic rings. The largest absolute Gasteiger partial charge is 0.354 e. The zero-order valence-electron chi connectivity index (χ0n) is 20.7. The first kappa shape index (κ1) is 25.9. The van der Waals surface area contributed by atoms with Crippen molar-refractivity contribution in [3.63, 3.8) is 0 Å². The fourth-order valence-corrected chi connectivity index (χ4v) is 5.74. The Morgan fingerprint density at radius 1 is 1.12 bits per heavy atom. The second kappa shape index (κ2) is 10.3. The normalized spacial score (nSPS) is 19.5. The third-order valence-corrected chi connectivity index (χ3v) is 8.11. The van der Waals surface area contributed by atoms with Crippen LogP contribution in [-0.2, 0) is 26.0 Å². The van der Waals surface area contributed by atoms with Gasteiger partial charge in [-0.15, -0.1) is 0 Å². The van der Waals surface area contributed by atoms with Gasteiger partial charge in [-0.25, -0.2) is 8.42 Å². The zero-order valence-corrected chi connectivity index (χ0v) is 21.5. The molecule has 2 aromatic carbocycles. The van der Waals surface area contributed by atoms with Crippen LogP contribution in [0.5, 0.6) is 0 Å². The molecule has 1 saturated heterocycles. The highest BCUT2D eigenvalue weighted by Crippen LogP contribution is 2.34. The maximum atomic E-state index is 13.6. The second-order valence-corrected chi connectivity index (χ2v) is 11.4. The Morgan fingerprint density at radius 3 is 2.38 bits per heavy atom. The average molecular weight is 486 g/mol. The molecule has 0 aromatic heterocycles. The average Bonchev–Trinajstić information content (AvgIpc) is 2.78. The molecule has 1 aliphatic rings. The molecule has 1 heterocycles. The van der Waals surface area contributed by atoms with Crippen molar-refractivity contribution in [2.45, 2.75) is 57.9 Å². The molecule has 2 amide bonds. The van der Waals surface area contributed by atoms with Gasteiger partial charge in [-0.05, 0) is 56.4 Å². The summed E-state index contributed by atoms with van der Waals surface area (Å²) in [6, 6.07) is 14.0. The van der Waals surface area contributed by atoms with E-state index in [0.29, 0.717) is 24.6 Å². The molecule has 184 valence electrons. The van der Waals surface area contributed by atoms with E-state index in [1.807, 2.05) is 38.1 Å². The molecule has 8 heteroatoms. The van der Waals surface area contributed by atoms with Gasteiger partial charge >= 0.3 is 0 Å². The number of rotatable bonds is 8. The predicted molar refractivity (Wildman–Crippen MR) is 134 cm³/mol. The second-order valence-electron chi connectivity index (χ2n) is 9.51. The topological polar surface area (TPSA) is 86.8 Å². The van der Waals surface area contributed by atoms with Crippen molar-refractivity contribution >= 4 is 27.5 Å². The molecular formula is C26H35N3O4S. The van der Waals surface area contributed by atoms with Crippen molar-refractivity contribution in [3.8, 4) is 0 Å². The Labute approximate surface area is 203 Å². The number of carbonyl (C=O) groups excluding carboxylic acids is 2. The molecule has 3 rings (SSSR count). The summed E-state index contributed by atoms with van der Waals surface area (Å²) in [5, 5.41) is 2.95. The van der Waals surface area contributed by atoms with Gasteiger partial charge in [0.25, 0.3) is 0 Å². The Bertz CT molecular complexity index is 1140. The van der Waals surface area contributed by atoms with Crippen LogP contribution in [0.25, 0.3) is 0 Å². The van der Waals surface area contributed by atoms with Crippen molar-refractivity contribution in [1.29, 1.82) is 0 Å². The summed E-state index contributed by atoms with van der Waals surface area (Å²) in [5.74, 6) is -0.392. The predicted octanol–water partition coefficient (Wildman–Crippen LogP) is 3.52. The van der Waals surface area contributed by atoms with Crippen molar-refractivity contribution in [2.24, 2.45) is 5.92 Å². The maximum Gasteiger partial charge on any atom is 0.247 e. The number of benzene rings is 2. The van der Waals surface area contributed by atoms with Crippen LogP contribution in [0.15, 0.2) is 53.4 Å². The first-order valence-corrected chi connectivity index (χ1v) is 13.2. The molecule has 1 fully saturated rings. The summed E-state index contributed by atoms with van der Waals surface area (Å²) >= 11 is 0. The minimum absolute atomic E-state index is 0.107. The lowest BCUT2D eigenvalue weighted by molar-refractivity contribution is -0.132. The number of piperazine rings is 1. The highest BCUT2D eigenvalue weighted by Gasteiger charge is 2.51. The molecule has 1 N–H and O–H groups in total. The third-order valence-electron chi connectivity index (χ3n) is 6.31. The molecule has 34 heavy (non-hydrogen) atoms. The van der Waals surface area contributed by atoms with E-state index < -0.39 is 21.5 Å². The number of nitrogens with one attached hydrogen (secondary N) is 1. The lowest BCUT2D eigenvalue weighted by Gasteiger charge is -2.47. The number of hydrogen-bond acceptors (Lipinski definition) is 4. The molecule has 0 bridgehead atoms. The van der Waals surface area contributed by atoms with Gasteiger partial charge in [-0.3, -0.25) is 14.5 Å². The van der Waals surface area contributed by atoms with Gasteiger partial charge < -0.3 is 5.32 Å². The molecule has 1 atom stereocenters. The van der Waals surface area contributed by atoms with Gasteiger partial charge in [-0.1, -0.05) is 56.7 Å². The standard InChI is InChI=1S/C26H35N3O4S/c1-6-21-9-7-8-10-23(21)29-24(30)17-28(34(32,33)22-13-11-20(4)12-14-22)18-26(29,5)25(31)27-16-15-19(2)3/h7-14,19H,6,15-18H2,1-5H3,(H,27,31). The minimum Gasteiger partial charge on any atom is -0.354 e. The highest BCUT2D eigenvalue weighted by atomic mass is 32.2. The van der Waals surface area contributed by atoms with Crippen LogP contribution in [0, 0.1) is 12.8 Å². The number of sulfonamides is 1. The van der Waals surface area contributed by atoms with Gasteiger partial charge in [0.15, 0.2) is 0 Å². The number of anilines is 1. The third kappa shape index (κ3) is 5.18. The number of para-hydroxylation sites is 1. The molecule has 7 nitrogen and oxygen atoms in total. The monoisotopic (exact) mass is 485 g/mol. The molecule has 0 saturated carbocycles. The van der Waals surface area contributed by atoms with Crippen molar-refractivity contribution in [1.82, 2.24) is 9.62 Å². The van der Waals surface area contributed by atoms with Crippen molar-refractivity contribution < 1.29 is 18.0 Å². The summed E-state index contributed by atoms with van der Waals surface area (Å²) in [6.45, 7) is 9.63. The quantitative estimate of drug-likeness (QED) is 0.620. The highest BCUT2D eigenvalue weighted by molar-refractivity contribution is 7.89. The molecule has 0 radical (unpaired) electrons. The number of amides is 2. The zero-order chi connectivity index (χ0) is 25.1. The van der Waals surface area contributed by atoms with Gasteiger partial charge in [0, 0.05) is 18.8 Å². The Morgan fingerprint density at radius 2 is 1.76 bits per heavy atom. The molecule has 0 aliphatic carbocycles. The van der Waals surface area contributed by atoms with E-state index in [-0.39, 0.29) is 23.9 Å². The smallest absolute Gasteiger partial charge is 0.247 e. The van der Waals surface area contributed by atoms with Gasteiger partial charge in [0.2, 0.25) is 21.8 Å². The summed E-state index contributed by atoms with van der Waals surface area (Å²) in [7, 11) is -3.97. The van der Waals surface area contributed by atoms with Crippen molar-refractivity contribution in [2.75, 3.05) is 24.5 Å². The van der Waals surface area contributed by atoms with Crippen LogP contribution in [0.1, 0.15) is 45.2 Å². The lowest BCUT2D eigenvalue weighted by Crippen LogP contribution is -2.70. The SMILES string of the molecule is CCc1ccccc1N1C(=O)CN(S(=O)(=O)c2ccc(C)cc2)CC1(C)C(=O)NCCC(C)C. The maximum absolute atomic E-state index is 13.6. The number of carbonyl (C=O) groups is 2. The number of aryl methyl sites for hydroxylation is 2. The van der Waals surface area contributed by atoms with Crippen LogP contribution in [0.3, 0.4) is 0 Å². The lowest BCUT2D eigenvalue weighted by atomic mass is 9.93. The van der Waals surface area contributed by atoms with E-state index in [4.69, 9.17) is 0 Å². The molecule has 1 aliphatic heterocycles. The molecular weight excluding hydrogens is 450 g/mol. The number of hydrogen-bond donors (Lipinski definition) is 1. The first-order chi connectivity index (χ1) is 16.0. The van der Waals surface area contributed by atoms with Crippen LogP contribution >= 0.6 is 0 Å². The summed E-state index contributed by atoms with van der Waals surface area (Å²) in [5.41, 5.74) is 1.09. The number of nitrogens with zero attached hydrogens (tertiary/aromatic N) is 2. The summed E-state index contributed by atoms with van der Waals surface area (Å²) < 4.78 is 28.0. The van der Waals surface area contributed by atoms with Gasteiger partial charge in [-0.2, -0.15) is 4.31 Å². The Hall–Kier alpha value is -2.71. The van der Waals surface area contributed by atoms with Crippen LogP contribution in [0.4, 0.5) is 5.69 Å². The van der Waals surface area contributed by atoms with Crippen LogP contribution in [-0.4, -0.2) is 49.7 Å². The van der Waals surface area contributed by atoms with E-state index in [1.165, 1.54) is 17.0 Å². The van der Waals surface area contributed by atoms with Crippen molar-refractivity contribution in [3.05, 3.63) is 59.7 Å². The minimum atomic E-state index is -3.97.